The summed E-state index contributed by atoms with van der Waals surface area (Å²) in [5.74, 6) is 6.64. The molecular formula is C17H19N5O3S. The van der Waals surface area contributed by atoms with Gasteiger partial charge >= 0.3 is 0 Å². The normalized spacial score (nSPS) is 11.3. The summed E-state index contributed by atoms with van der Waals surface area (Å²) < 4.78 is 33.5. The maximum Gasteiger partial charge on any atom is 0.208 e. The zero-order valence-corrected chi connectivity index (χ0v) is 15.5. The Morgan fingerprint density at radius 2 is 2.04 bits per heavy atom. The van der Waals surface area contributed by atoms with E-state index in [0.29, 0.717) is 12.2 Å². The highest BCUT2D eigenvalue weighted by Crippen LogP contribution is 2.29. The van der Waals surface area contributed by atoms with Gasteiger partial charge in [-0.15, -0.1) is 0 Å². The molecule has 0 aliphatic rings. The van der Waals surface area contributed by atoms with Crippen molar-refractivity contribution in [2.45, 2.75) is 6.42 Å². The van der Waals surface area contributed by atoms with E-state index < -0.39 is 10.0 Å². The van der Waals surface area contributed by atoms with Crippen LogP contribution in [0.2, 0.25) is 0 Å². The second-order valence-electron chi connectivity index (χ2n) is 5.77. The van der Waals surface area contributed by atoms with E-state index in [0.717, 1.165) is 28.5 Å². The summed E-state index contributed by atoms with van der Waals surface area (Å²) in [5, 5.41) is 8.54. The second-order valence-corrected chi connectivity index (χ2v) is 7.60. The van der Waals surface area contributed by atoms with Gasteiger partial charge in [0.25, 0.3) is 0 Å². The van der Waals surface area contributed by atoms with Gasteiger partial charge < -0.3 is 4.74 Å². The largest absolute Gasteiger partial charge is 0.494 e. The van der Waals surface area contributed by atoms with Crippen molar-refractivity contribution in [1.29, 1.82) is 0 Å². The average Bonchev–Trinajstić information content (AvgIpc) is 3.19. The first kappa shape index (κ1) is 18.0. The van der Waals surface area contributed by atoms with E-state index in [1.165, 1.54) is 0 Å². The van der Waals surface area contributed by atoms with Crippen LogP contribution < -0.4 is 9.46 Å². The van der Waals surface area contributed by atoms with Gasteiger partial charge in [-0.3, -0.25) is 4.68 Å². The lowest BCUT2D eigenvalue weighted by Crippen LogP contribution is -2.22. The summed E-state index contributed by atoms with van der Waals surface area (Å²) in [5.41, 5.74) is 3.38. The molecule has 0 spiro atoms. The fraction of sp³-hybridized carbons (Fsp3) is 0.294. The number of hydrogen-bond acceptors (Lipinski definition) is 5. The van der Waals surface area contributed by atoms with Crippen LogP contribution in [0, 0.1) is 11.8 Å². The van der Waals surface area contributed by atoms with Crippen LogP contribution in [0.4, 0.5) is 0 Å². The van der Waals surface area contributed by atoms with Crippen LogP contribution >= 0.6 is 0 Å². The lowest BCUT2D eigenvalue weighted by atomic mass is 10.1. The summed E-state index contributed by atoms with van der Waals surface area (Å²) in [7, 11) is 0.266. The molecule has 0 saturated carbocycles. The highest BCUT2D eigenvalue weighted by molar-refractivity contribution is 7.88. The third-order valence-electron chi connectivity index (χ3n) is 3.67. The quantitative estimate of drug-likeness (QED) is 0.533. The Kier molecular flexibility index (Phi) is 4.97. The molecule has 3 heterocycles. The molecule has 9 heteroatoms. The van der Waals surface area contributed by atoms with Crippen LogP contribution in [-0.4, -0.2) is 47.7 Å². The van der Waals surface area contributed by atoms with E-state index in [4.69, 9.17) is 4.74 Å². The number of sulfonamides is 1. The van der Waals surface area contributed by atoms with E-state index in [-0.39, 0.29) is 6.54 Å². The molecule has 0 radical (unpaired) electrons. The number of rotatable bonds is 5. The van der Waals surface area contributed by atoms with Gasteiger partial charge in [-0.25, -0.2) is 17.7 Å². The van der Waals surface area contributed by atoms with Crippen molar-refractivity contribution in [2.24, 2.45) is 7.05 Å². The maximum atomic E-state index is 11.0. The van der Waals surface area contributed by atoms with Gasteiger partial charge in [0.2, 0.25) is 10.0 Å². The molecule has 8 nitrogen and oxygen atoms in total. The minimum atomic E-state index is -3.19. The van der Waals surface area contributed by atoms with Crippen molar-refractivity contribution in [3.8, 4) is 28.7 Å². The highest BCUT2D eigenvalue weighted by atomic mass is 32.2. The van der Waals surface area contributed by atoms with Crippen molar-refractivity contribution in [3.63, 3.8) is 0 Å². The molecule has 136 valence electrons. The van der Waals surface area contributed by atoms with Gasteiger partial charge in [0, 0.05) is 43.5 Å². The number of methoxy groups -OCH3 is 1. The Labute approximate surface area is 151 Å². The number of hydrogen-bond donors (Lipinski definition) is 1. The molecule has 3 rings (SSSR count). The van der Waals surface area contributed by atoms with Crippen LogP contribution in [-0.2, 0) is 17.1 Å². The fourth-order valence-electron chi connectivity index (χ4n) is 2.52. The minimum absolute atomic E-state index is 0.271. The molecule has 0 fully saturated rings. The van der Waals surface area contributed by atoms with Crippen LogP contribution in [0.15, 0.2) is 30.9 Å². The monoisotopic (exact) mass is 373 g/mol. The van der Waals surface area contributed by atoms with Crippen molar-refractivity contribution in [2.75, 3.05) is 19.9 Å². The molecule has 0 atom stereocenters. The van der Waals surface area contributed by atoms with Gasteiger partial charge in [0.15, 0.2) is 0 Å². The van der Waals surface area contributed by atoms with E-state index in [1.807, 2.05) is 25.5 Å². The topological polar surface area (TPSA) is 90.5 Å². The molecule has 26 heavy (non-hydrogen) atoms. The number of aromatic nitrogens is 4. The number of fused-ring (bicyclic) bond motifs is 1. The van der Waals surface area contributed by atoms with Crippen LogP contribution in [0.3, 0.4) is 0 Å². The van der Waals surface area contributed by atoms with Crippen LogP contribution in [0.1, 0.15) is 12.0 Å². The third-order valence-corrected chi connectivity index (χ3v) is 4.40. The molecule has 0 amide bonds. The summed E-state index contributed by atoms with van der Waals surface area (Å²) in [6.45, 7) is 0.271. The zero-order chi connectivity index (χ0) is 18.7. The second kappa shape index (κ2) is 7.19. The van der Waals surface area contributed by atoms with E-state index in [2.05, 4.69) is 26.8 Å². The van der Waals surface area contributed by atoms with Gasteiger partial charge in [0.05, 0.1) is 31.3 Å². The Morgan fingerprint density at radius 1 is 1.23 bits per heavy atom. The van der Waals surface area contributed by atoms with Gasteiger partial charge in [-0.2, -0.15) is 10.2 Å². The van der Waals surface area contributed by atoms with Gasteiger partial charge in [-0.05, 0) is 6.07 Å². The fourth-order valence-corrected chi connectivity index (χ4v) is 2.99. The molecule has 0 aliphatic carbocycles. The van der Waals surface area contributed by atoms with Crippen molar-refractivity contribution < 1.29 is 13.2 Å². The summed E-state index contributed by atoms with van der Waals surface area (Å²) in [4.78, 5) is 0. The maximum absolute atomic E-state index is 11.0. The predicted molar refractivity (Wildman–Crippen MR) is 98.3 cm³/mol. The molecule has 0 aliphatic heterocycles. The number of nitrogens with zero attached hydrogens (tertiary/aromatic N) is 4. The Balaban J connectivity index is 1.89. The molecule has 0 saturated heterocycles. The van der Waals surface area contributed by atoms with Crippen molar-refractivity contribution in [1.82, 2.24) is 24.1 Å². The smallest absolute Gasteiger partial charge is 0.208 e. The van der Waals surface area contributed by atoms with E-state index in [1.54, 1.807) is 28.7 Å². The molecular weight excluding hydrogens is 354 g/mol. The average molecular weight is 373 g/mol. The lowest BCUT2D eigenvalue weighted by molar-refractivity contribution is 0.417. The Hall–Kier alpha value is -2.83. The standard InChI is InChI=1S/C17H19N5O3S/c1-21-11-15(10-18-21)14-8-16(25-2)17-13(9-19-22(17)12-14)6-4-5-7-20-26(3,23)24/h8-12,20H,5,7H2,1-3H3. The van der Waals surface area contributed by atoms with Crippen LogP contribution in [0.5, 0.6) is 5.75 Å². The zero-order valence-electron chi connectivity index (χ0n) is 14.7. The first-order valence-electron chi connectivity index (χ1n) is 7.85. The SMILES string of the molecule is COc1cc(-c2cnn(C)c2)cn2ncc(C#CCCNS(C)(=O)=O)c12. The van der Waals surface area contributed by atoms with Crippen molar-refractivity contribution >= 4 is 15.5 Å². The molecule has 0 aromatic carbocycles. The number of aryl methyl sites for hydroxylation is 1. The summed E-state index contributed by atoms with van der Waals surface area (Å²) >= 11 is 0. The number of pyridine rings is 1. The van der Waals surface area contributed by atoms with Crippen LogP contribution in [0.25, 0.3) is 16.6 Å². The number of nitrogens with one attached hydrogen (secondary N) is 1. The van der Waals surface area contributed by atoms with Crippen molar-refractivity contribution in [3.05, 3.63) is 36.4 Å². The van der Waals surface area contributed by atoms with E-state index >= 15 is 0 Å². The predicted octanol–water partition coefficient (Wildman–Crippen LogP) is 1.03. The first-order chi connectivity index (χ1) is 12.4. The highest BCUT2D eigenvalue weighted by Gasteiger charge is 2.12. The van der Waals surface area contributed by atoms with E-state index in [9.17, 15) is 8.42 Å². The summed E-state index contributed by atoms with van der Waals surface area (Å²) in [6, 6.07) is 1.92. The molecule has 3 aromatic rings. The Bertz CT molecular complexity index is 1100. The minimum Gasteiger partial charge on any atom is -0.494 e. The van der Waals surface area contributed by atoms with Gasteiger partial charge in [-0.1, -0.05) is 11.8 Å². The molecule has 0 bridgehead atoms. The summed E-state index contributed by atoms with van der Waals surface area (Å²) in [6.07, 6.45) is 8.78. The first-order valence-corrected chi connectivity index (χ1v) is 9.74. The molecule has 3 aromatic heterocycles. The van der Waals surface area contributed by atoms with Gasteiger partial charge in [0.1, 0.15) is 11.3 Å². The molecule has 0 unspecified atom stereocenters. The molecule has 1 N–H and O–H groups in total. The number of ether oxygens (including phenoxy) is 1. The third kappa shape index (κ3) is 4.04. The Morgan fingerprint density at radius 3 is 2.69 bits per heavy atom. The lowest BCUT2D eigenvalue weighted by Gasteiger charge is -2.06.